The largest absolute Gasteiger partial charge is 0.423 e. The van der Waals surface area contributed by atoms with Crippen LogP contribution in [0.25, 0.3) is 0 Å². The fourth-order valence-electron chi connectivity index (χ4n) is 3.40. The van der Waals surface area contributed by atoms with Crippen molar-refractivity contribution < 1.29 is 9.15 Å². The van der Waals surface area contributed by atoms with Crippen LogP contribution in [0.1, 0.15) is 42.5 Å². The van der Waals surface area contributed by atoms with E-state index in [4.69, 9.17) is 20.8 Å². The second kappa shape index (κ2) is 6.49. The lowest BCUT2D eigenvalue weighted by atomic mass is 10.0. The van der Waals surface area contributed by atoms with Gasteiger partial charge in [-0.05, 0) is 49.4 Å². The molecule has 5 nitrogen and oxygen atoms in total. The fourth-order valence-corrected chi connectivity index (χ4v) is 3.60. The standard InChI is InChI=1S/C17H20ClN3O2/c18-14-5-6-15-12(9-14)3-1-7-21(15)10-16-19-20-17(23-16)13-4-2-8-22-11-13/h5-6,9,13H,1-4,7-8,10-11H2. The summed E-state index contributed by atoms with van der Waals surface area (Å²) in [5, 5.41) is 9.26. The van der Waals surface area contributed by atoms with Crippen LogP contribution in [0.2, 0.25) is 5.02 Å². The molecule has 6 heteroatoms. The molecule has 0 N–H and O–H groups in total. The Morgan fingerprint density at radius 3 is 3.09 bits per heavy atom. The molecule has 0 bridgehead atoms. The molecule has 122 valence electrons. The number of ether oxygens (including phenoxy) is 1. The first-order chi connectivity index (χ1) is 11.3. The minimum absolute atomic E-state index is 0.248. The van der Waals surface area contributed by atoms with Crippen molar-refractivity contribution in [3.05, 3.63) is 40.6 Å². The molecule has 23 heavy (non-hydrogen) atoms. The maximum Gasteiger partial charge on any atom is 0.235 e. The summed E-state index contributed by atoms with van der Waals surface area (Å²) in [7, 11) is 0. The van der Waals surface area contributed by atoms with E-state index in [1.807, 2.05) is 6.07 Å². The van der Waals surface area contributed by atoms with E-state index in [0.717, 1.165) is 43.9 Å². The van der Waals surface area contributed by atoms with Crippen molar-refractivity contribution in [2.24, 2.45) is 0 Å². The van der Waals surface area contributed by atoms with Gasteiger partial charge < -0.3 is 14.1 Å². The van der Waals surface area contributed by atoms with Crippen LogP contribution < -0.4 is 4.90 Å². The lowest BCUT2D eigenvalue weighted by molar-refractivity contribution is 0.0721. The molecule has 2 aromatic rings. The maximum absolute atomic E-state index is 6.10. The SMILES string of the molecule is Clc1ccc2c(c1)CCCN2Cc1nnc(C2CCCOC2)o1. The summed E-state index contributed by atoms with van der Waals surface area (Å²) >= 11 is 6.10. The molecule has 3 heterocycles. The normalized spacial score (nSPS) is 21.3. The van der Waals surface area contributed by atoms with E-state index in [-0.39, 0.29) is 5.92 Å². The van der Waals surface area contributed by atoms with Gasteiger partial charge in [-0.2, -0.15) is 0 Å². The van der Waals surface area contributed by atoms with Gasteiger partial charge in [0, 0.05) is 23.9 Å². The van der Waals surface area contributed by atoms with E-state index in [2.05, 4.69) is 27.2 Å². The van der Waals surface area contributed by atoms with Crippen molar-refractivity contribution in [3.63, 3.8) is 0 Å². The Labute approximate surface area is 140 Å². The maximum atomic E-state index is 6.10. The summed E-state index contributed by atoms with van der Waals surface area (Å²) in [6, 6.07) is 6.09. The molecule has 1 aromatic carbocycles. The van der Waals surface area contributed by atoms with Gasteiger partial charge in [-0.25, -0.2) is 0 Å². The number of aromatic nitrogens is 2. The molecular weight excluding hydrogens is 314 g/mol. The number of hydrogen-bond acceptors (Lipinski definition) is 5. The molecule has 2 aliphatic rings. The summed E-state index contributed by atoms with van der Waals surface area (Å²) in [6.45, 7) is 3.17. The van der Waals surface area contributed by atoms with Gasteiger partial charge in [0.1, 0.15) is 0 Å². The van der Waals surface area contributed by atoms with Crippen LogP contribution in [-0.2, 0) is 17.7 Å². The van der Waals surface area contributed by atoms with Crippen LogP contribution in [0.5, 0.6) is 0 Å². The molecule has 2 aliphatic heterocycles. The highest BCUT2D eigenvalue weighted by molar-refractivity contribution is 6.30. The smallest absolute Gasteiger partial charge is 0.235 e. The van der Waals surface area contributed by atoms with Crippen molar-refractivity contribution in [1.82, 2.24) is 10.2 Å². The Morgan fingerprint density at radius 1 is 1.26 bits per heavy atom. The zero-order valence-electron chi connectivity index (χ0n) is 13.0. The molecule has 4 rings (SSSR count). The van der Waals surface area contributed by atoms with Crippen LogP contribution in [0, 0.1) is 0 Å². The van der Waals surface area contributed by atoms with E-state index in [9.17, 15) is 0 Å². The summed E-state index contributed by atoms with van der Waals surface area (Å²) < 4.78 is 11.4. The zero-order chi connectivity index (χ0) is 15.6. The molecule has 1 atom stereocenters. The number of hydrogen-bond donors (Lipinski definition) is 0. The molecule has 0 spiro atoms. The first kappa shape index (κ1) is 15.0. The number of nitrogens with zero attached hydrogens (tertiary/aromatic N) is 3. The van der Waals surface area contributed by atoms with E-state index in [1.165, 1.54) is 11.3 Å². The van der Waals surface area contributed by atoms with Crippen molar-refractivity contribution in [2.45, 2.75) is 38.1 Å². The van der Waals surface area contributed by atoms with Gasteiger partial charge in [-0.3, -0.25) is 0 Å². The van der Waals surface area contributed by atoms with Crippen molar-refractivity contribution >= 4 is 17.3 Å². The molecule has 0 radical (unpaired) electrons. The molecule has 1 fully saturated rings. The minimum Gasteiger partial charge on any atom is -0.423 e. The van der Waals surface area contributed by atoms with Gasteiger partial charge in [0.05, 0.1) is 19.1 Å². The van der Waals surface area contributed by atoms with Crippen molar-refractivity contribution in [1.29, 1.82) is 0 Å². The highest BCUT2D eigenvalue weighted by Crippen LogP contribution is 2.31. The zero-order valence-corrected chi connectivity index (χ0v) is 13.8. The lowest BCUT2D eigenvalue weighted by Crippen LogP contribution is -2.28. The molecule has 0 amide bonds. The van der Waals surface area contributed by atoms with Gasteiger partial charge in [-0.15, -0.1) is 10.2 Å². The van der Waals surface area contributed by atoms with E-state index >= 15 is 0 Å². The highest BCUT2D eigenvalue weighted by atomic mass is 35.5. The molecule has 1 aromatic heterocycles. The molecule has 1 unspecified atom stereocenters. The predicted molar refractivity (Wildman–Crippen MR) is 87.9 cm³/mol. The molecule has 0 saturated carbocycles. The minimum atomic E-state index is 0.248. The van der Waals surface area contributed by atoms with Crippen LogP contribution in [0.3, 0.4) is 0 Å². The second-order valence-electron chi connectivity index (χ2n) is 6.25. The average Bonchev–Trinajstić information content (AvgIpc) is 3.04. The van der Waals surface area contributed by atoms with E-state index in [1.54, 1.807) is 0 Å². The first-order valence-corrected chi connectivity index (χ1v) is 8.61. The topological polar surface area (TPSA) is 51.4 Å². The summed E-state index contributed by atoms with van der Waals surface area (Å²) in [5.41, 5.74) is 2.52. The molecular formula is C17H20ClN3O2. The Bertz CT molecular complexity index is 682. The second-order valence-corrected chi connectivity index (χ2v) is 6.68. The van der Waals surface area contributed by atoms with Gasteiger partial charge in [0.2, 0.25) is 11.8 Å². The van der Waals surface area contributed by atoms with Crippen LogP contribution in [-0.4, -0.2) is 30.0 Å². The number of aryl methyl sites for hydroxylation is 1. The molecule has 1 saturated heterocycles. The quantitative estimate of drug-likeness (QED) is 0.859. The van der Waals surface area contributed by atoms with Gasteiger partial charge in [0.15, 0.2) is 0 Å². The number of fused-ring (bicyclic) bond motifs is 1. The number of halogens is 1. The summed E-state index contributed by atoms with van der Waals surface area (Å²) in [6.07, 6.45) is 4.31. The third kappa shape index (κ3) is 3.21. The predicted octanol–water partition coefficient (Wildman–Crippen LogP) is 3.57. The van der Waals surface area contributed by atoms with Crippen molar-refractivity contribution in [3.8, 4) is 0 Å². The van der Waals surface area contributed by atoms with Crippen LogP contribution in [0.4, 0.5) is 5.69 Å². The summed E-state index contributed by atoms with van der Waals surface area (Å²) in [5.74, 6) is 1.64. The third-order valence-corrected chi connectivity index (χ3v) is 4.81. The van der Waals surface area contributed by atoms with Crippen LogP contribution in [0.15, 0.2) is 22.6 Å². The molecule has 0 aliphatic carbocycles. The fraction of sp³-hybridized carbons (Fsp3) is 0.529. The van der Waals surface area contributed by atoms with Crippen molar-refractivity contribution in [2.75, 3.05) is 24.7 Å². The van der Waals surface area contributed by atoms with Gasteiger partial charge in [0.25, 0.3) is 0 Å². The third-order valence-electron chi connectivity index (χ3n) is 4.57. The number of rotatable bonds is 3. The Balaban J connectivity index is 1.50. The van der Waals surface area contributed by atoms with Gasteiger partial charge >= 0.3 is 0 Å². The van der Waals surface area contributed by atoms with Gasteiger partial charge in [-0.1, -0.05) is 11.6 Å². The Hall–Kier alpha value is -1.59. The highest BCUT2D eigenvalue weighted by Gasteiger charge is 2.24. The average molecular weight is 334 g/mol. The first-order valence-electron chi connectivity index (χ1n) is 8.23. The lowest BCUT2D eigenvalue weighted by Gasteiger charge is -2.30. The van der Waals surface area contributed by atoms with E-state index in [0.29, 0.717) is 24.9 Å². The van der Waals surface area contributed by atoms with Crippen LogP contribution >= 0.6 is 11.6 Å². The van der Waals surface area contributed by atoms with E-state index < -0.39 is 0 Å². The number of anilines is 1. The monoisotopic (exact) mass is 333 g/mol. The Morgan fingerprint density at radius 2 is 2.22 bits per heavy atom. The Kier molecular flexibility index (Phi) is 4.23. The summed E-state index contributed by atoms with van der Waals surface area (Å²) in [4.78, 5) is 2.30. The number of benzene rings is 1.